The number of halogens is 1. The quantitative estimate of drug-likeness (QED) is 0.305. The number of nitrogens with one attached hydrogen (secondary N) is 2. The number of carbonyl (C=O) groups excluding carboxylic acids is 1. The molecule has 13 heteroatoms. The molecule has 0 saturated carbocycles. The van der Waals surface area contributed by atoms with Crippen LogP contribution in [0.5, 0.6) is 5.75 Å². The number of aromatic nitrogens is 2. The van der Waals surface area contributed by atoms with Crippen LogP contribution in [0.4, 0.5) is 27.5 Å². The summed E-state index contributed by atoms with van der Waals surface area (Å²) in [6.07, 6.45) is 0.934. The van der Waals surface area contributed by atoms with Gasteiger partial charge in [0.05, 0.1) is 17.7 Å². The lowest BCUT2D eigenvalue weighted by Gasteiger charge is -2.13. The van der Waals surface area contributed by atoms with Crippen LogP contribution in [0, 0.1) is 12.7 Å². The number of amides is 1. The smallest absolute Gasteiger partial charge is 0.255 e. The minimum atomic E-state index is -3.93. The van der Waals surface area contributed by atoms with Gasteiger partial charge in [-0.1, -0.05) is 6.07 Å². The van der Waals surface area contributed by atoms with Crippen molar-refractivity contribution >= 4 is 39.1 Å². The Bertz CT molecular complexity index is 1300. The van der Waals surface area contributed by atoms with E-state index in [0.29, 0.717) is 22.5 Å². The predicted molar refractivity (Wildman–Crippen MR) is 118 cm³/mol. The van der Waals surface area contributed by atoms with Crippen LogP contribution >= 0.6 is 0 Å². The van der Waals surface area contributed by atoms with Gasteiger partial charge in [0.1, 0.15) is 5.75 Å². The first-order chi connectivity index (χ1) is 15.6. The van der Waals surface area contributed by atoms with Crippen molar-refractivity contribution in [3.05, 3.63) is 59.5 Å². The summed E-state index contributed by atoms with van der Waals surface area (Å²) < 4.78 is 43.0. The third-order valence-electron chi connectivity index (χ3n) is 4.36. The van der Waals surface area contributed by atoms with Crippen LogP contribution in [-0.2, 0) is 21.4 Å². The Hall–Kier alpha value is -3.81. The molecule has 0 aliphatic heterocycles. The molecule has 0 aliphatic carbocycles. The summed E-state index contributed by atoms with van der Waals surface area (Å²) in [7, 11) is -3.93. The lowest BCUT2D eigenvalue weighted by Crippen LogP contribution is -2.20. The normalized spacial score (nSPS) is 11.2. The highest BCUT2D eigenvalue weighted by atomic mass is 32.2. The summed E-state index contributed by atoms with van der Waals surface area (Å²) in [5.41, 5.74) is 6.56. The molecular weight excluding hydrogens is 455 g/mol. The number of primary amides is 1. The van der Waals surface area contributed by atoms with Gasteiger partial charge in [0.25, 0.3) is 5.91 Å². The predicted octanol–water partition coefficient (Wildman–Crippen LogP) is 1.42. The number of aryl methyl sites for hydroxylation is 1. The maximum Gasteiger partial charge on any atom is 0.255 e. The number of primary sulfonamides is 1. The highest BCUT2D eigenvalue weighted by Gasteiger charge is 2.14. The Balaban J connectivity index is 1.83. The first-order valence-electron chi connectivity index (χ1n) is 9.41. The molecule has 0 atom stereocenters. The molecule has 0 spiro atoms. The maximum absolute atomic E-state index is 14.3. The van der Waals surface area contributed by atoms with E-state index >= 15 is 0 Å². The minimum Gasteiger partial charge on any atom is -0.483 e. The zero-order valence-corrected chi connectivity index (χ0v) is 18.2. The van der Waals surface area contributed by atoms with Crippen molar-refractivity contribution in [1.29, 1.82) is 0 Å². The number of carbonyl (C=O) groups is 1. The average molecular weight is 476 g/mol. The molecule has 0 saturated heterocycles. The van der Waals surface area contributed by atoms with Gasteiger partial charge < -0.3 is 26.2 Å². The second-order valence-corrected chi connectivity index (χ2v) is 8.43. The Morgan fingerprint density at radius 2 is 1.88 bits per heavy atom. The third kappa shape index (κ3) is 6.12. The van der Waals surface area contributed by atoms with Gasteiger partial charge in [0.15, 0.2) is 18.2 Å². The van der Waals surface area contributed by atoms with Crippen LogP contribution in [0.1, 0.15) is 11.1 Å². The number of ether oxygens (including phenoxy) is 1. The van der Waals surface area contributed by atoms with Crippen molar-refractivity contribution in [2.75, 3.05) is 17.2 Å². The van der Waals surface area contributed by atoms with E-state index in [0.717, 1.165) is 6.20 Å². The van der Waals surface area contributed by atoms with Gasteiger partial charge in [-0.05, 0) is 42.8 Å². The second kappa shape index (κ2) is 9.77. The molecule has 0 radical (unpaired) electrons. The Morgan fingerprint density at radius 1 is 1.18 bits per heavy atom. The highest BCUT2D eigenvalue weighted by molar-refractivity contribution is 7.89. The van der Waals surface area contributed by atoms with Crippen LogP contribution < -0.4 is 26.2 Å². The molecule has 2 aromatic carbocycles. The largest absolute Gasteiger partial charge is 0.483 e. The van der Waals surface area contributed by atoms with Crippen LogP contribution in [0.25, 0.3) is 0 Å². The molecule has 1 heterocycles. The van der Waals surface area contributed by atoms with Crippen molar-refractivity contribution in [2.24, 2.45) is 10.9 Å². The molecule has 0 bridgehead atoms. The Kier molecular flexibility index (Phi) is 7.06. The lowest BCUT2D eigenvalue weighted by molar-refractivity contribution is -0.119. The average Bonchev–Trinajstić information content (AvgIpc) is 2.75. The SMILES string of the molecule is Cc1ccc(Nc2ncc(F)c(Nc3ccc(OCC(N)=O)c(CO)c3)n2)cc1S(N)(=O)=O. The van der Waals surface area contributed by atoms with Crippen molar-refractivity contribution in [3.63, 3.8) is 0 Å². The van der Waals surface area contributed by atoms with Crippen molar-refractivity contribution in [1.82, 2.24) is 9.97 Å². The first-order valence-corrected chi connectivity index (χ1v) is 11.0. The molecular formula is C20H21FN6O5S. The van der Waals surface area contributed by atoms with Crippen molar-refractivity contribution in [3.8, 4) is 5.75 Å². The number of aliphatic hydroxyl groups excluding tert-OH is 1. The highest BCUT2D eigenvalue weighted by Crippen LogP contribution is 2.27. The molecule has 3 aromatic rings. The van der Waals surface area contributed by atoms with E-state index in [4.69, 9.17) is 15.6 Å². The van der Waals surface area contributed by atoms with Gasteiger partial charge in [-0.25, -0.2) is 22.9 Å². The molecule has 1 amide bonds. The lowest BCUT2D eigenvalue weighted by atomic mass is 10.2. The number of anilines is 4. The Morgan fingerprint density at radius 3 is 2.55 bits per heavy atom. The van der Waals surface area contributed by atoms with Crippen LogP contribution in [-0.4, -0.2) is 36.0 Å². The van der Waals surface area contributed by atoms with E-state index in [1.807, 2.05) is 0 Å². The molecule has 7 N–H and O–H groups in total. The van der Waals surface area contributed by atoms with Crippen molar-refractivity contribution < 1.29 is 27.4 Å². The number of rotatable bonds is 9. The molecule has 11 nitrogen and oxygen atoms in total. The van der Waals surface area contributed by atoms with Crippen LogP contribution in [0.15, 0.2) is 47.5 Å². The van der Waals surface area contributed by atoms with E-state index in [1.54, 1.807) is 19.1 Å². The van der Waals surface area contributed by atoms with E-state index in [2.05, 4.69) is 20.6 Å². The summed E-state index contributed by atoms with van der Waals surface area (Å²) in [5.74, 6) is -1.37. The summed E-state index contributed by atoms with van der Waals surface area (Å²) in [6, 6.07) is 8.98. The van der Waals surface area contributed by atoms with Gasteiger partial charge in [0, 0.05) is 16.9 Å². The minimum absolute atomic E-state index is 0.00749. The molecule has 0 aliphatic rings. The van der Waals surface area contributed by atoms with E-state index in [1.165, 1.54) is 24.3 Å². The molecule has 174 valence electrons. The van der Waals surface area contributed by atoms with Gasteiger partial charge in [0.2, 0.25) is 16.0 Å². The topological polar surface area (TPSA) is 183 Å². The fourth-order valence-electron chi connectivity index (χ4n) is 2.84. The summed E-state index contributed by atoms with van der Waals surface area (Å²) in [5, 5.41) is 20.3. The van der Waals surface area contributed by atoms with Crippen molar-refractivity contribution in [2.45, 2.75) is 18.4 Å². The van der Waals surface area contributed by atoms with Gasteiger partial charge in [-0.2, -0.15) is 4.98 Å². The third-order valence-corrected chi connectivity index (χ3v) is 5.41. The van der Waals surface area contributed by atoms with E-state index in [-0.39, 0.29) is 29.0 Å². The monoisotopic (exact) mass is 476 g/mol. The number of aliphatic hydroxyl groups is 1. The number of hydrogen-bond donors (Lipinski definition) is 5. The molecule has 0 fully saturated rings. The number of sulfonamides is 1. The standard InChI is InChI=1S/C20H21FN6O5S/c1-11-2-3-14(7-17(11)33(23,30)31)26-20-24-8-15(21)19(27-20)25-13-4-5-16(12(6-13)9-28)32-10-18(22)29/h2-8,28H,9-10H2,1H3,(H2,22,29)(H2,23,30,31)(H2,24,25,26,27). The van der Waals surface area contributed by atoms with Crippen LogP contribution in [0.2, 0.25) is 0 Å². The zero-order chi connectivity index (χ0) is 24.2. The first kappa shape index (κ1) is 23.8. The fourth-order valence-corrected chi connectivity index (χ4v) is 3.64. The second-order valence-electron chi connectivity index (χ2n) is 6.90. The fraction of sp³-hybridized carbons (Fsp3) is 0.150. The molecule has 0 unspecified atom stereocenters. The number of nitrogens with two attached hydrogens (primary N) is 2. The Labute approximate surface area is 188 Å². The molecule has 3 rings (SSSR count). The summed E-state index contributed by atoms with van der Waals surface area (Å²) >= 11 is 0. The van der Waals surface area contributed by atoms with E-state index in [9.17, 15) is 22.7 Å². The summed E-state index contributed by atoms with van der Waals surface area (Å²) in [4.78, 5) is 18.8. The number of nitrogens with zero attached hydrogens (tertiary/aromatic N) is 2. The molecule has 33 heavy (non-hydrogen) atoms. The molecule has 1 aromatic heterocycles. The maximum atomic E-state index is 14.3. The van der Waals surface area contributed by atoms with E-state index < -0.39 is 28.4 Å². The van der Waals surface area contributed by atoms with Crippen LogP contribution in [0.3, 0.4) is 0 Å². The zero-order valence-electron chi connectivity index (χ0n) is 17.4. The van der Waals surface area contributed by atoms with Gasteiger partial charge in [-0.3, -0.25) is 4.79 Å². The number of benzene rings is 2. The summed E-state index contributed by atoms with van der Waals surface area (Å²) in [6.45, 7) is 0.842. The van der Waals surface area contributed by atoms with Gasteiger partial charge in [-0.15, -0.1) is 0 Å². The number of hydrogen-bond acceptors (Lipinski definition) is 9. The van der Waals surface area contributed by atoms with Gasteiger partial charge >= 0.3 is 0 Å².